The van der Waals surface area contributed by atoms with E-state index in [-0.39, 0.29) is 17.3 Å². The predicted octanol–water partition coefficient (Wildman–Crippen LogP) is 3.25. The Balaban J connectivity index is 1.95. The van der Waals surface area contributed by atoms with E-state index in [0.717, 1.165) is 5.56 Å². The van der Waals surface area contributed by atoms with Crippen LogP contribution in [0.2, 0.25) is 0 Å². The Kier molecular flexibility index (Phi) is 3.72. The molecule has 114 valence electrons. The monoisotopic (exact) mass is 308 g/mol. The summed E-state index contributed by atoms with van der Waals surface area (Å²) in [5, 5.41) is 10.8. The van der Waals surface area contributed by atoms with Crippen molar-refractivity contribution in [3.63, 3.8) is 0 Å². The number of carbonyl (C=O) groups is 1. The van der Waals surface area contributed by atoms with Crippen molar-refractivity contribution in [2.75, 3.05) is 0 Å². The first-order valence-corrected chi connectivity index (χ1v) is 6.87. The Morgan fingerprint density at radius 1 is 1.17 bits per heavy atom. The van der Waals surface area contributed by atoms with Crippen molar-refractivity contribution in [2.45, 2.75) is 6.92 Å². The molecule has 2 aromatic carbocycles. The van der Waals surface area contributed by atoms with Gasteiger partial charge >= 0.3 is 5.97 Å². The molecule has 0 N–H and O–H groups in total. The van der Waals surface area contributed by atoms with Crippen LogP contribution >= 0.6 is 0 Å². The number of nitro benzene ring substituents is 1. The molecule has 0 atom stereocenters. The number of rotatable bonds is 3. The Morgan fingerprint density at radius 2 is 1.96 bits per heavy atom. The van der Waals surface area contributed by atoms with E-state index in [9.17, 15) is 14.9 Å². The Morgan fingerprint density at radius 3 is 2.70 bits per heavy atom. The van der Waals surface area contributed by atoms with E-state index in [1.54, 1.807) is 18.2 Å². The van der Waals surface area contributed by atoms with Gasteiger partial charge in [-0.05, 0) is 30.7 Å². The zero-order chi connectivity index (χ0) is 16.4. The summed E-state index contributed by atoms with van der Waals surface area (Å²) in [6.07, 6.45) is 1.47. The normalized spacial score (nSPS) is 15.4. The van der Waals surface area contributed by atoms with Gasteiger partial charge in [0.15, 0.2) is 5.70 Å². The van der Waals surface area contributed by atoms with Gasteiger partial charge in [-0.15, -0.1) is 0 Å². The molecule has 0 saturated heterocycles. The molecule has 6 heteroatoms. The van der Waals surface area contributed by atoms with Gasteiger partial charge in [0.05, 0.1) is 4.92 Å². The molecule has 0 amide bonds. The number of nitrogens with zero attached hydrogens (tertiary/aromatic N) is 2. The van der Waals surface area contributed by atoms with E-state index >= 15 is 0 Å². The molecule has 0 saturated carbocycles. The largest absolute Gasteiger partial charge is 0.402 e. The van der Waals surface area contributed by atoms with Crippen LogP contribution in [0.5, 0.6) is 0 Å². The van der Waals surface area contributed by atoms with Crippen LogP contribution in [0.25, 0.3) is 6.08 Å². The lowest BCUT2D eigenvalue weighted by Gasteiger charge is -1.99. The van der Waals surface area contributed by atoms with Crippen molar-refractivity contribution < 1.29 is 14.5 Å². The fourth-order valence-corrected chi connectivity index (χ4v) is 2.20. The Bertz CT molecular complexity index is 868. The van der Waals surface area contributed by atoms with Gasteiger partial charge in [-0.2, -0.15) is 0 Å². The summed E-state index contributed by atoms with van der Waals surface area (Å²) in [4.78, 5) is 26.4. The molecule has 0 aliphatic carbocycles. The molecular weight excluding hydrogens is 296 g/mol. The first-order chi connectivity index (χ1) is 11.0. The van der Waals surface area contributed by atoms with Crippen LogP contribution in [0.4, 0.5) is 5.69 Å². The average molecular weight is 308 g/mol. The van der Waals surface area contributed by atoms with Gasteiger partial charge in [0, 0.05) is 17.7 Å². The van der Waals surface area contributed by atoms with Crippen molar-refractivity contribution in [2.24, 2.45) is 4.99 Å². The number of hydrogen-bond acceptors (Lipinski definition) is 5. The highest BCUT2D eigenvalue weighted by molar-refractivity contribution is 6.12. The topological polar surface area (TPSA) is 81.8 Å². The number of hydrogen-bond donors (Lipinski definition) is 0. The maximum atomic E-state index is 11.9. The number of nitro groups is 1. The van der Waals surface area contributed by atoms with Crippen molar-refractivity contribution in [1.29, 1.82) is 0 Å². The lowest BCUT2D eigenvalue weighted by Crippen LogP contribution is -2.05. The first-order valence-electron chi connectivity index (χ1n) is 6.87. The molecule has 0 bridgehead atoms. The maximum Gasteiger partial charge on any atom is 0.363 e. The van der Waals surface area contributed by atoms with Gasteiger partial charge in [-0.1, -0.05) is 29.8 Å². The second-order valence-corrected chi connectivity index (χ2v) is 5.06. The van der Waals surface area contributed by atoms with E-state index in [1.807, 2.05) is 25.1 Å². The maximum absolute atomic E-state index is 11.9. The van der Waals surface area contributed by atoms with Gasteiger partial charge in [0.25, 0.3) is 5.69 Å². The summed E-state index contributed by atoms with van der Waals surface area (Å²) in [6.45, 7) is 1.93. The smallest absolute Gasteiger partial charge is 0.363 e. The molecule has 1 aliphatic rings. The standard InChI is InChI=1S/C17H12N2O4/c1-11-4-2-6-13(8-11)16-18-15(17(20)23-16)10-12-5-3-7-14(9-12)19(21)22/h2-10H,1H3/b15-10+. The first kappa shape index (κ1) is 14.6. The number of benzene rings is 2. The van der Waals surface area contributed by atoms with Crippen molar-refractivity contribution >= 4 is 23.6 Å². The summed E-state index contributed by atoms with van der Waals surface area (Å²) < 4.78 is 5.17. The molecule has 6 nitrogen and oxygen atoms in total. The fourth-order valence-electron chi connectivity index (χ4n) is 2.20. The third kappa shape index (κ3) is 3.16. The minimum absolute atomic E-state index is 0.0476. The number of ether oxygens (including phenoxy) is 1. The number of esters is 1. The number of aliphatic imine (C=N–C) groups is 1. The van der Waals surface area contributed by atoms with Gasteiger partial charge in [0.2, 0.25) is 5.90 Å². The van der Waals surface area contributed by atoms with Crippen LogP contribution in [-0.4, -0.2) is 16.8 Å². The molecule has 0 spiro atoms. The molecule has 0 radical (unpaired) electrons. The van der Waals surface area contributed by atoms with E-state index < -0.39 is 10.9 Å². The molecule has 2 aromatic rings. The van der Waals surface area contributed by atoms with Crippen LogP contribution in [-0.2, 0) is 9.53 Å². The minimum Gasteiger partial charge on any atom is -0.402 e. The summed E-state index contributed by atoms with van der Waals surface area (Å²) in [6, 6.07) is 13.4. The zero-order valence-corrected chi connectivity index (χ0v) is 12.2. The lowest BCUT2D eigenvalue weighted by atomic mass is 10.1. The number of non-ortho nitro benzene ring substituents is 1. The fraction of sp³-hybridized carbons (Fsp3) is 0.0588. The van der Waals surface area contributed by atoms with Crippen molar-refractivity contribution in [3.05, 3.63) is 81.0 Å². The summed E-state index contributed by atoms with van der Waals surface area (Å²) in [5.41, 5.74) is 2.31. The molecule has 0 aromatic heterocycles. The van der Waals surface area contributed by atoms with Crippen molar-refractivity contribution in [3.8, 4) is 0 Å². The summed E-state index contributed by atoms with van der Waals surface area (Å²) in [7, 11) is 0. The second kappa shape index (κ2) is 5.84. The van der Waals surface area contributed by atoms with Crippen LogP contribution in [0.3, 0.4) is 0 Å². The van der Waals surface area contributed by atoms with E-state index in [4.69, 9.17) is 4.74 Å². The summed E-state index contributed by atoms with van der Waals surface area (Å²) >= 11 is 0. The molecule has 1 heterocycles. The Labute approximate surface area is 131 Å². The lowest BCUT2D eigenvalue weighted by molar-refractivity contribution is -0.384. The highest BCUT2D eigenvalue weighted by atomic mass is 16.6. The molecular formula is C17H12N2O4. The number of carbonyl (C=O) groups excluding carboxylic acids is 1. The molecule has 3 rings (SSSR count). The van der Waals surface area contributed by atoms with Gasteiger partial charge in [-0.3, -0.25) is 10.1 Å². The van der Waals surface area contributed by atoms with Gasteiger partial charge in [-0.25, -0.2) is 9.79 Å². The third-order valence-electron chi connectivity index (χ3n) is 3.27. The van der Waals surface area contributed by atoms with Crippen LogP contribution in [0.1, 0.15) is 16.7 Å². The number of cyclic esters (lactones) is 1. The highest BCUT2D eigenvalue weighted by Crippen LogP contribution is 2.21. The molecule has 0 unspecified atom stereocenters. The van der Waals surface area contributed by atoms with E-state index in [0.29, 0.717) is 11.1 Å². The SMILES string of the molecule is Cc1cccc(C2=N/C(=C/c3cccc([N+](=O)[O-])c3)C(=O)O2)c1. The molecule has 0 fully saturated rings. The van der Waals surface area contributed by atoms with Gasteiger partial charge in [0.1, 0.15) is 0 Å². The van der Waals surface area contributed by atoms with E-state index in [2.05, 4.69) is 4.99 Å². The van der Waals surface area contributed by atoms with Crippen LogP contribution in [0, 0.1) is 17.0 Å². The predicted molar refractivity (Wildman–Crippen MR) is 84.9 cm³/mol. The zero-order valence-electron chi connectivity index (χ0n) is 12.2. The van der Waals surface area contributed by atoms with Crippen LogP contribution < -0.4 is 0 Å². The van der Waals surface area contributed by atoms with E-state index in [1.165, 1.54) is 18.2 Å². The van der Waals surface area contributed by atoms with Gasteiger partial charge < -0.3 is 4.74 Å². The quantitative estimate of drug-likeness (QED) is 0.377. The minimum atomic E-state index is -0.576. The molecule has 1 aliphatic heterocycles. The summed E-state index contributed by atoms with van der Waals surface area (Å²) in [5.74, 6) is -0.344. The Hall–Kier alpha value is -3.28. The van der Waals surface area contributed by atoms with Crippen LogP contribution in [0.15, 0.2) is 59.2 Å². The highest BCUT2D eigenvalue weighted by Gasteiger charge is 2.24. The van der Waals surface area contributed by atoms with Crippen molar-refractivity contribution in [1.82, 2.24) is 0 Å². The number of aryl methyl sites for hydroxylation is 1. The third-order valence-corrected chi connectivity index (χ3v) is 3.27. The second-order valence-electron chi connectivity index (χ2n) is 5.06. The molecule has 23 heavy (non-hydrogen) atoms. The average Bonchev–Trinajstić information content (AvgIpc) is 2.89.